The first-order valence-corrected chi connectivity index (χ1v) is 7.60. The van der Waals surface area contributed by atoms with Gasteiger partial charge in [-0.3, -0.25) is 10.2 Å². The van der Waals surface area contributed by atoms with Crippen LogP contribution in [-0.2, 0) is 6.54 Å². The molecule has 0 aromatic heterocycles. The number of hydrogen-bond donors (Lipinski definition) is 1. The fourth-order valence-corrected chi connectivity index (χ4v) is 2.90. The molecule has 0 spiro atoms. The van der Waals surface area contributed by atoms with Crippen molar-refractivity contribution < 1.29 is 4.79 Å². The Labute approximate surface area is 132 Å². The number of carbonyl (C=O) groups is 1. The summed E-state index contributed by atoms with van der Waals surface area (Å²) in [5.74, 6) is 0.476. The number of hydrogen-bond acceptors (Lipinski definition) is 2. The van der Waals surface area contributed by atoms with Crippen LogP contribution in [0.3, 0.4) is 0 Å². The first-order valence-electron chi connectivity index (χ1n) is 6.81. The van der Waals surface area contributed by atoms with E-state index in [0.29, 0.717) is 17.9 Å². The molecule has 0 radical (unpaired) electrons. The molecule has 0 aliphatic carbocycles. The zero-order valence-corrected chi connectivity index (χ0v) is 13.2. The molecule has 1 heterocycles. The van der Waals surface area contributed by atoms with Crippen molar-refractivity contribution in [2.45, 2.75) is 19.5 Å². The van der Waals surface area contributed by atoms with Crippen molar-refractivity contribution in [2.24, 2.45) is 0 Å². The SMILES string of the molecule is CC(C(=O)c1ccc(Br)cc1)N1Cc2ccccc2C1=N. The zero-order valence-electron chi connectivity index (χ0n) is 11.6. The van der Waals surface area contributed by atoms with Gasteiger partial charge in [0, 0.05) is 22.1 Å². The highest BCUT2D eigenvalue weighted by Crippen LogP contribution is 2.25. The molecule has 106 valence electrons. The third kappa shape index (κ3) is 2.51. The summed E-state index contributed by atoms with van der Waals surface area (Å²) >= 11 is 3.37. The van der Waals surface area contributed by atoms with Crippen molar-refractivity contribution in [1.29, 1.82) is 5.41 Å². The van der Waals surface area contributed by atoms with E-state index in [1.807, 2.05) is 60.4 Å². The van der Waals surface area contributed by atoms with Gasteiger partial charge in [-0.05, 0) is 24.6 Å². The number of rotatable bonds is 3. The van der Waals surface area contributed by atoms with Gasteiger partial charge in [-0.15, -0.1) is 0 Å². The van der Waals surface area contributed by atoms with Gasteiger partial charge in [0.05, 0.1) is 6.04 Å². The highest BCUT2D eigenvalue weighted by atomic mass is 79.9. The number of carbonyl (C=O) groups excluding carboxylic acids is 1. The molecular formula is C17H15BrN2O. The summed E-state index contributed by atoms with van der Waals surface area (Å²) in [5.41, 5.74) is 2.71. The van der Waals surface area contributed by atoms with Gasteiger partial charge in [-0.25, -0.2) is 0 Å². The van der Waals surface area contributed by atoms with E-state index < -0.39 is 0 Å². The van der Waals surface area contributed by atoms with E-state index in [2.05, 4.69) is 15.9 Å². The number of amidine groups is 1. The fourth-order valence-electron chi connectivity index (χ4n) is 2.63. The largest absolute Gasteiger partial charge is 0.342 e. The number of ketones is 1. The van der Waals surface area contributed by atoms with Crippen molar-refractivity contribution in [1.82, 2.24) is 4.90 Å². The second kappa shape index (κ2) is 5.45. The van der Waals surface area contributed by atoms with Gasteiger partial charge >= 0.3 is 0 Å². The van der Waals surface area contributed by atoms with Gasteiger partial charge in [-0.1, -0.05) is 52.3 Å². The molecule has 1 N–H and O–H groups in total. The molecule has 2 aromatic carbocycles. The summed E-state index contributed by atoms with van der Waals surface area (Å²) in [6, 6.07) is 14.9. The Morgan fingerprint density at radius 2 is 1.86 bits per heavy atom. The van der Waals surface area contributed by atoms with Crippen LogP contribution in [0.1, 0.15) is 28.4 Å². The number of benzene rings is 2. The standard InChI is InChI=1S/C17H15BrN2O/c1-11(16(21)12-6-8-14(18)9-7-12)20-10-13-4-2-3-5-15(13)17(20)19/h2-9,11,19H,10H2,1H3. The molecule has 0 saturated carbocycles. The van der Waals surface area contributed by atoms with Gasteiger partial charge in [0.15, 0.2) is 5.78 Å². The van der Waals surface area contributed by atoms with Crippen LogP contribution >= 0.6 is 15.9 Å². The molecule has 4 heteroatoms. The molecular weight excluding hydrogens is 328 g/mol. The highest BCUT2D eigenvalue weighted by molar-refractivity contribution is 9.10. The summed E-state index contributed by atoms with van der Waals surface area (Å²) < 4.78 is 0.952. The van der Waals surface area contributed by atoms with Gasteiger partial charge in [0.2, 0.25) is 0 Å². The molecule has 3 rings (SSSR count). The maximum Gasteiger partial charge on any atom is 0.184 e. The molecule has 2 aromatic rings. The summed E-state index contributed by atoms with van der Waals surface area (Å²) in [4.78, 5) is 14.4. The van der Waals surface area contributed by atoms with Crippen LogP contribution in [0.15, 0.2) is 53.0 Å². The monoisotopic (exact) mass is 342 g/mol. The Morgan fingerprint density at radius 1 is 1.19 bits per heavy atom. The second-order valence-electron chi connectivity index (χ2n) is 5.18. The Bertz CT molecular complexity index is 709. The lowest BCUT2D eigenvalue weighted by Crippen LogP contribution is -2.39. The lowest BCUT2D eigenvalue weighted by atomic mass is 10.0. The van der Waals surface area contributed by atoms with E-state index >= 15 is 0 Å². The average Bonchev–Trinajstić information content (AvgIpc) is 2.84. The molecule has 3 nitrogen and oxygen atoms in total. The van der Waals surface area contributed by atoms with E-state index in [1.54, 1.807) is 0 Å². The second-order valence-corrected chi connectivity index (χ2v) is 6.10. The van der Waals surface area contributed by atoms with Crippen molar-refractivity contribution in [3.63, 3.8) is 0 Å². The molecule has 1 aliphatic heterocycles. The van der Waals surface area contributed by atoms with Crippen LogP contribution in [0.25, 0.3) is 0 Å². The average molecular weight is 343 g/mol. The zero-order chi connectivity index (χ0) is 15.0. The third-order valence-corrected chi connectivity index (χ3v) is 4.40. The van der Waals surface area contributed by atoms with Crippen LogP contribution in [-0.4, -0.2) is 22.6 Å². The minimum Gasteiger partial charge on any atom is -0.342 e. The lowest BCUT2D eigenvalue weighted by Gasteiger charge is -2.25. The molecule has 1 atom stereocenters. The molecule has 0 bridgehead atoms. The van der Waals surface area contributed by atoms with Crippen molar-refractivity contribution in [3.8, 4) is 0 Å². The van der Waals surface area contributed by atoms with E-state index in [9.17, 15) is 4.79 Å². The van der Waals surface area contributed by atoms with Gasteiger partial charge < -0.3 is 4.90 Å². The fraction of sp³-hybridized carbons (Fsp3) is 0.176. The van der Waals surface area contributed by atoms with Crippen molar-refractivity contribution in [2.75, 3.05) is 0 Å². The molecule has 1 aliphatic rings. The first-order chi connectivity index (χ1) is 10.1. The van der Waals surface area contributed by atoms with Gasteiger partial charge in [0.1, 0.15) is 5.84 Å². The maximum absolute atomic E-state index is 12.6. The van der Waals surface area contributed by atoms with E-state index in [4.69, 9.17) is 5.41 Å². The van der Waals surface area contributed by atoms with Gasteiger partial charge in [-0.2, -0.15) is 0 Å². The predicted molar refractivity (Wildman–Crippen MR) is 86.7 cm³/mol. The first kappa shape index (κ1) is 14.0. The Morgan fingerprint density at radius 3 is 2.52 bits per heavy atom. The van der Waals surface area contributed by atoms with Crippen molar-refractivity contribution in [3.05, 3.63) is 69.7 Å². The molecule has 0 fully saturated rings. The number of nitrogens with zero attached hydrogens (tertiary/aromatic N) is 1. The molecule has 0 saturated heterocycles. The number of Topliss-reactive ketones (excluding diaryl/α,β-unsaturated/α-hetero) is 1. The topological polar surface area (TPSA) is 44.2 Å². The maximum atomic E-state index is 12.6. The smallest absolute Gasteiger partial charge is 0.184 e. The predicted octanol–water partition coefficient (Wildman–Crippen LogP) is 3.86. The lowest BCUT2D eigenvalue weighted by molar-refractivity contribution is 0.0900. The number of halogens is 1. The van der Waals surface area contributed by atoms with Crippen LogP contribution in [0.5, 0.6) is 0 Å². The highest BCUT2D eigenvalue weighted by Gasteiger charge is 2.31. The number of nitrogens with one attached hydrogen (secondary N) is 1. The molecule has 1 unspecified atom stereocenters. The Hall–Kier alpha value is -1.94. The van der Waals surface area contributed by atoms with Crippen LogP contribution in [0, 0.1) is 5.41 Å². The summed E-state index contributed by atoms with van der Waals surface area (Å²) in [6.45, 7) is 2.49. The van der Waals surface area contributed by atoms with Crippen LogP contribution in [0.4, 0.5) is 0 Å². The summed E-state index contributed by atoms with van der Waals surface area (Å²) in [6.07, 6.45) is 0. The quantitative estimate of drug-likeness (QED) is 0.860. The Kier molecular flexibility index (Phi) is 3.64. The van der Waals surface area contributed by atoms with E-state index in [0.717, 1.165) is 15.6 Å². The molecule has 0 amide bonds. The van der Waals surface area contributed by atoms with E-state index in [1.165, 1.54) is 0 Å². The third-order valence-electron chi connectivity index (χ3n) is 3.88. The van der Waals surface area contributed by atoms with Crippen LogP contribution < -0.4 is 0 Å². The van der Waals surface area contributed by atoms with Crippen LogP contribution in [0.2, 0.25) is 0 Å². The molecule has 21 heavy (non-hydrogen) atoms. The summed E-state index contributed by atoms with van der Waals surface area (Å²) in [5, 5.41) is 8.27. The minimum atomic E-state index is -0.342. The Balaban J connectivity index is 1.84. The van der Waals surface area contributed by atoms with Gasteiger partial charge in [0.25, 0.3) is 0 Å². The van der Waals surface area contributed by atoms with Crippen molar-refractivity contribution >= 4 is 27.5 Å². The summed E-state index contributed by atoms with van der Waals surface area (Å²) in [7, 11) is 0. The number of fused-ring (bicyclic) bond motifs is 1. The normalized spacial score (nSPS) is 15.0. The van der Waals surface area contributed by atoms with E-state index in [-0.39, 0.29) is 11.8 Å². The minimum absolute atomic E-state index is 0.0417.